The van der Waals surface area contributed by atoms with Crippen molar-refractivity contribution in [1.29, 1.82) is 0 Å². The summed E-state index contributed by atoms with van der Waals surface area (Å²) in [6.07, 6.45) is 0. The number of benzene rings is 9. The second-order valence-corrected chi connectivity index (χ2v) is 15.8. The van der Waals surface area contributed by atoms with Gasteiger partial charge in [0, 0.05) is 49.7 Å². The summed E-state index contributed by atoms with van der Waals surface area (Å²) < 4.78 is 8.71. The Morgan fingerprint density at radius 2 is 0.932 bits per heavy atom. The minimum atomic E-state index is -0.310. The van der Waals surface area contributed by atoms with Crippen LogP contribution in [0.1, 0.15) is 23.6 Å². The normalized spacial score (nSPS) is 13.0. The van der Waals surface area contributed by atoms with E-state index in [9.17, 15) is 0 Å². The number of anilines is 3. The molecular weight excluding hydrogens is 717 g/mol. The predicted molar refractivity (Wildman–Crippen MR) is 246 cm³/mol. The molecule has 59 heavy (non-hydrogen) atoms. The Kier molecular flexibility index (Phi) is 7.36. The van der Waals surface area contributed by atoms with Gasteiger partial charge in [-0.25, -0.2) is 0 Å². The highest BCUT2D eigenvalue weighted by molar-refractivity contribution is 6.12. The third-order valence-corrected chi connectivity index (χ3v) is 12.7. The molecule has 2 aromatic heterocycles. The van der Waals surface area contributed by atoms with Crippen LogP contribution in [-0.4, -0.2) is 4.57 Å². The summed E-state index contributed by atoms with van der Waals surface area (Å²) in [5, 5.41) is 4.64. The third kappa shape index (κ3) is 5.08. The monoisotopic (exact) mass is 754 g/mol. The van der Waals surface area contributed by atoms with Gasteiger partial charge >= 0.3 is 0 Å². The Hall–Kier alpha value is -7.62. The molecule has 0 spiro atoms. The Morgan fingerprint density at radius 3 is 1.66 bits per heavy atom. The lowest BCUT2D eigenvalue weighted by atomic mass is 9.74. The van der Waals surface area contributed by atoms with Crippen molar-refractivity contribution in [3.63, 3.8) is 0 Å². The predicted octanol–water partition coefficient (Wildman–Crippen LogP) is 15.2. The van der Waals surface area contributed by atoms with Gasteiger partial charge in [0.2, 0.25) is 0 Å². The smallest absolute Gasteiger partial charge is 0.135 e. The average molecular weight is 755 g/mol. The summed E-state index contributed by atoms with van der Waals surface area (Å²) in [5.41, 5.74) is 17.2. The maximum atomic E-state index is 6.30. The highest BCUT2D eigenvalue weighted by Gasteiger charge is 2.40. The molecule has 0 saturated heterocycles. The molecule has 0 fully saturated rings. The van der Waals surface area contributed by atoms with Gasteiger partial charge in [0.25, 0.3) is 0 Å². The summed E-state index contributed by atoms with van der Waals surface area (Å²) in [6, 6.07) is 77.1. The highest BCUT2D eigenvalue weighted by Crippen LogP contribution is 2.53. The summed E-state index contributed by atoms with van der Waals surface area (Å²) in [6.45, 7) is 2.40. The van der Waals surface area contributed by atoms with Gasteiger partial charge in [-0.15, -0.1) is 0 Å². The maximum absolute atomic E-state index is 6.30. The Bertz CT molecular complexity index is 3350. The van der Waals surface area contributed by atoms with Crippen molar-refractivity contribution in [3.8, 4) is 27.9 Å². The van der Waals surface area contributed by atoms with Crippen molar-refractivity contribution >= 4 is 60.8 Å². The first-order chi connectivity index (χ1) is 29.1. The molecule has 9 aromatic carbocycles. The quantitative estimate of drug-likeness (QED) is 0.169. The molecule has 2 heterocycles. The van der Waals surface area contributed by atoms with E-state index in [-0.39, 0.29) is 5.41 Å². The van der Waals surface area contributed by atoms with Crippen LogP contribution in [0.25, 0.3) is 71.7 Å². The first-order valence-corrected chi connectivity index (χ1v) is 20.3. The first-order valence-electron chi connectivity index (χ1n) is 20.3. The van der Waals surface area contributed by atoms with Gasteiger partial charge in [-0.2, -0.15) is 0 Å². The fourth-order valence-electron chi connectivity index (χ4n) is 9.81. The summed E-state index contributed by atoms with van der Waals surface area (Å²) in [4.78, 5) is 2.38. The molecule has 278 valence electrons. The molecule has 3 heteroatoms. The lowest BCUT2D eigenvalue weighted by molar-refractivity contribution is 0.669. The number of fused-ring (bicyclic) bond motifs is 9. The summed E-state index contributed by atoms with van der Waals surface area (Å²) in [7, 11) is 0. The number of nitrogens with zero attached hydrogens (tertiary/aromatic N) is 2. The zero-order valence-corrected chi connectivity index (χ0v) is 32.5. The third-order valence-electron chi connectivity index (χ3n) is 12.7. The molecule has 0 radical (unpaired) electrons. The minimum Gasteiger partial charge on any atom is -0.456 e. The van der Waals surface area contributed by atoms with Crippen molar-refractivity contribution in [2.45, 2.75) is 12.3 Å². The lowest BCUT2D eigenvalue weighted by Gasteiger charge is -2.28. The number of aromatic nitrogens is 1. The van der Waals surface area contributed by atoms with Crippen LogP contribution in [0.3, 0.4) is 0 Å². The molecule has 0 bridgehead atoms. The molecule has 0 saturated carbocycles. The number of furan rings is 1. The SMILES string of the molecule is CC1(c2ccc3c(c2)c2cc(N(c4ccc(-c5ccccc5)cc4)c4ccc5oc6ccccc6c5c4)ccc2n3-c2ccccc2)c2ccccc2-c2ccccc21. The molecule has 3 nitrogen and oxygen atoms in total. The lowest BCUT2D eigenvalue weighted by Crippen LogP contribution is -2.22. The summed E-state index contributed by atoms with van der Waals surface area (Å²) in [5.74, 6) is 0. The van der Waals surface area contributed by atoms with E-state index >= 15 is 0 Å². The van der Waals surface area contributed by atoms with Crippen LogP contribution >= 0.6 is 0 Å². The van der Waals surface area contributed by atoms with Crippen LogP contribution < -0.4 is 4.90 Å². The fourth-order valence-corrected chi connectivity index (χ4v) is 9.81. The molecule has 0 aliphatic heterocycles. The van der Waals surface area contributed by atoms with E-state index in [1.54, 1.807) is 0 Å². The van der Waals surface area contributed by atoms with Crippen LogP contribution in [0, 0.1) is 0 Å². The second kappa shape index (κ2) is 13.0. The van der Waals surface area contributed by atoms with Crippen LogP contribution in [-0.2, 0) is 5.41 Å². The Morgan fingerprint density at radius 1 is 0.407 bits per heavy atom. The van der Waals surface area contributed by atoms with E-state index in [1.807, 2.05) is 12.1 Å². The first kappa shape index (κ1) is 33.5. The second-order valence-electron chi connectivity index (χ2n) is 15.8. The molecule has 0 atom stereocenters. The molecule has 1 aliphatic carbocycles. The fraction of sp³-hybridized carbons (Fsp3) is 0.0357. The molecule has 0 N–H and O–H groups in total. The molecule has 11 aromatic rings. The summed E-state index contributed by atoms with van der Waals surface area (Å²) >= 11 is 0. The highest BCUT2D eigenvalue weighted by atomic mass is 16.3. The van der Waals surface area contributed by atoms with E-state index in [2.05, 4.69) is 217 Å². The Labute approximate surface area is 342 Å². The van der Waals surface area contributed by atoms with Gasteiger partial charge < -0.3 is 13.9 Å². The van der Waals surface area contributed by atoms with Crippen molar-refractivity contribution in [2.24, 2.45) is 0 Å². The van der Waals surface area contributed by atoms with E-state index in [1.165, 1.54) is 60.8 Å². The van der Waals surface area contributed by atoms with Gasteiger partial charge in [-0.3, -0.25) is 0 Å². The van der Waals surface area contributed by atoms with Crippen LogP contribution in [0.4, 0.5) is 17.1 Å². The zero-order chi connectivity index (χ0) is 39.1. The zero-order valence-electron chi connectivity index (χ0n) is 32.5. The van der Waals surface area contributed by atoms with Gasteiger partial charge in [-0.1, -0.05) is 133 Å². The van der Waals surface area contributed by atoms with Gasteiger partial charge in [0.1, 0.15) is 11.2 Å². The Balaban J connectivity index is 1.10. The number of hydrogen-bond acceptors (Lipinski definition) is 2. The van der Waals surface area contributed by atoms with E-state index in [0.29, 0.717) is 0 Å². The van der Waals surface area contributed by atoms with E-state index in [4.69, 9.17) is 4.42 Å². The van der Waals surface area contributed by atoms with Crippen LogP contribution in [0.5, 0.6) is 0 Å². The van der Waals surface area contributed by atoms with Crippen molar-refractivity contribution in [1.82, 2.24) is 4.57 Å². The van der Waals surface area contributed by atoms with E-state index in [0.717, 1.165) is 44.7 Å². The van der Waals surface area contributed by atoms with Gasteiger partial charge in [0.15, 0.2) is 0 Å². The number of hydrogen-bond donors (Lipinski definition) is 0. The number of para-hydroxylation sites is 2. The molecule has 1 aliphatic rings. The van der Waals surface area contributed by atoms with E-state index < -0.39 is 0 Å². The van der Waals surface area contributed by atoms with Crippen LogP contribution in [0.15, 0.2) is 217 Å². The molecule has 0 unspecified atom stereocenters. The van der Waals surface area contributed by atoms with Crippen LogP contribution in [0.2, 0.25) is 0 Å². The minimum absolute atomic E-state index is 0.310. The average Bonchev–Trinajstić information content (AvgIpc) is 3.93. The van der Waals surface area contributed by atoms with Crippen molar-refractivity contribution in [2.75, 3.05) is 4.90 Å². The molecule has 12 rings (SSSR count). The van der Waals surface area contributed by atoms with Crippen molar-refractivity contribution < 1.29 is 4.42 Å². The number of rotatable bonds is 6. The van der Waals surface area contributed by atoms with Gasteiger partial charge in [-0.05, 0) is 125 Å². The topological polar surface area (TPSA) is 21.3 Å². The van der Waals surface area contributed by atoms with Crippen molar-refractivity contribution in [3.05, 3.63) is 229 Å². The maximum Gasteiger partial charge on any atom is 0.135 e. The molecule has 0 amide bonds. The van der Waals surface area contributed by atoms with Gasteiger partial charge in [0.05, 0.1) is 11.0 Å². The largest absolute Gasteiger partial charge is 0.456 e. The standard InChI is InChI=1S/C56H38N2O/c1-56(50-21-11-8-18-44(50)45-19-9-12-22-51(45)56)39-26-31-52-47(34-39)48-35-42(29-32-53(48)58(52)40-16-6-3-7-17-40)57(41-27-24-38(25-28-41)37-14-4-2-5-15-37)43-30-33-55-49(36-43)46-20-10-13-23-54(46)59-55/h2-36H,1H3. The molecular formula is C56H38N2O.